The lowest BCUT2D eigenvalue weighted by molar-refractivity contribution is 0.206. The van der Waals surface area contributed by atoms with Gasteiger partial charge in [0.1, 0.15) is 17.2 Å². The van der Waals surface area contributed by atoms with Crippen molar-refractivity contribution in [3.8, 4) is 11.5 Å². The minimum atomic E-state index is -0.151. The summed E-state index contributed by atoms with van der Waals surface area (Å²) in [7, 11) is 3.14. The van der Waals surface area contributed by atoms with Gasteiger partial charge in [0.2, 0.25) is 0 Å². The van der Waals surface area contributed by atoms with Crippen LogP contribution in [0.1, 0.15) is 11.1 Å². The molecule has 1 aliphatic heterocycles. The zero-order valence-corrected chi connectivity index (χ0v) is 13.3. The van der Waals surface area contributed by atoms with Crippen molar-refractivity contribution in [3.05, 3.63) is 53.6 Å². The number of nitrogens with zero attached hydrogens (tertiary/aromatic N) is 1. The number of ether oxygens (including phenoxy) is 2. The molecule has 0 aliphatic carbocycles. The number of fused-ring (bicyclic) bond motifs is 1. The van der Waals surface area contributed by atoms with Crippen molar-refractivity contribution in [2.45, 2.75) is 13.0 Å². The van der Waals surface area contributed by atoms with Gasteiger partial charge < -0.3 is 19.7 Å². The number of hydrogen-bond acceptors (Lipinski definition) is 3. The van der Waals surface area contributed by atoms with Gasteiger partial charge in [-0.25, -0.2) is 4.79 Å². The quantitative estimate of drug-likeness (QED) is 0.946. The van der Waals surface area contributed by atoms with Crippen molar-refractivity contribution in [1.29, 1.82) is 0 Å². The van der Waals surface area contributed by atoms with Gasteiger partial charge >= 0.3 is 6.03 Å². The number of rotatable bonds is 3. The number of nitrogens with one attached hydrogen (secondary N) is 1. The van der Waals surface area contributed by atoms with Crippen LogP contribution in [-0.2, 0) is 13.0 Å². The Balaban J connectivity index is 1.78. The zero-order chi connectivity index (χ0) is 16.2. The Morgan fingerprint density at radius 1 is 1.00 bits per heavy atom. The molecule has 2 aromatic carbocycles. The van der Waals surface area contributed by atoms with Crippen LogP contribution in [0.4, 0.5) is 10.5 Å². The molecule has 120 valence electrons. The first-order valence-corrected chi connectivity index (χ1v) is 7.56. The fourth-order valence-electron chi connectivity index (χ4n) is 2.83. The standard InChI is InChI=1S/C18H20N2O3/c1-22-15-8-5-9-16(23-2)17(15)19-18(21)20-11-10-13-6-3-4-7-14(13)12-20/h3-9H,10-12H2,1-2H3,(H,19,21). The third-order valence-electron chi connectivity index (χ3n) is 4.08. The van der Waals surface area contributed by atoms with E-state index in [0.717, 1.165) is 6.42 Å². The van der Waals surface area contributed by atoms with E-state index in [4.69, 9.17) is 9.47 Å². The van der Waals surface area contributed by atoms with E-state index in [1.807, 2.05) is 18.2 Å². The zero-order valence-electron chi connectivity index (χ0n) is 13.3. The summed E-state index contributed by atoms with van der Waals surface area (Å²) in [5.41, 5.74) is 3.06. The van der Waals surface area contributed by atoms with Crippen molar-refractivity contribution in [1.82, 2.24) is 4.90 Å². The van der Waals surface area contributed by atoms with Crippen molar-refractivity contribution >= 4 is 11.7 Å². The number of urea groups is 1. The molecule has 0 radical (unpaired) electrons. The molecule has 2 aromatic rings. The molecule has 3 rings (SSSR count). The first kappa shape index (κ1) is 15.2. The lowest BCUT2D eigenvalue weighted by Crippen LogP contribution is -2.39. The van der Waals surface area contributed by atoms with Crippen LogP contribution in [0.25, 0.3) is 0 Å². The predicted molar refractivity (Wildman–Crippen MR) is 89.1 cm³/mol. The van der Waals surface area contributed by atoms with E-state index in [2.05, 4.69) is 17.4 Å². The van der Waals surface area contributed by atoms with Gasteiger partial charge in [-0.3, -0.25) is 0 Å². The minimum Gasteiger partial charge on any atom is -0.494 e. The highest BCUT2D eigenvalue weighted by atomic mass is 16.5. The highest BCUT2D eigenvalue weighted by Crippen LogP contribution is 2.34. The third-order valence-corrected chi connectivity index (χ3v) is 4.08. The molecule has 5 heteroatoms. The van der Waals surface area contributed by atoms with Gasteiger partial charge in [-0.1, -0.05) is 30.3 Å². The number of amides is 2. The highest BCUT2D eigenvalue weighted by Gasteiger charge is 2.22. The topological polar surface area (TPSA) is 50.8 Å². The van der Waals surface area contributed by atoms with Crippen LogP contribution >= 0.6 is 0 Å². The van der Waals surface area contributed by atoms with Gasteiger partial charge in [0.25, 0.3) is 0 Å². The first-order chi connectivity index (χ1) is 11.2. The van der Waals surface area contributed by atoms with Gasteiger partial charge in [-0.05, 0) is 29.7 Å². The number of para-hydroxylation sites is 1. The van der Waals surface area contributed by atoms with E-state index in [1.165, 1.54) is 11.1 Å². The van der Waals surface area contributed by atoms with Gasteiger partial charge in [-0.15, -0.1) is 0 Å². The van der Waals surface area contributed by atoms with E-state index in [0.29, 0.717) is 30.3 Å². The Bertz CT molecular complexity index is 693. The molecule has 0 saturated heterocycles. The fraction of sp³-hybridized carbons (Fsp3) is 0.278. The van der Waals surface area contributed by atoms with Crippen LogP contribution in [0.2, 0.25) is 0 Å². The van der Waals surface area contributed by atoms with E-state index in [1.54, 1.807) is 31.3 Å². The largest absolute Gasteiger partial charge is 0.494 e. The number of carbonyl (C=O) groups is 1. The second-order valence-electron chi connectivity index (χ2n) is 5.41. The molecule has 0 aromatic heterocycles. The van der Waals surface area contributed by atoms with Crippen LogP contribution in [0.15, 0.2) is 42.5 Å². The summed E-state index contributed by atoms with van der Waals surface area (Å²) in [5.74, 6) is 1.16. The summed E-state index contributed by atoms with van der Waals surface area (Å²) in [6, 6.07) is 13.5. The molecular weight excluding hydrogens is 292 g/mol. The monoisotopic (exact) mass is 312 g/mol. The van der Waals surface area contributed by atoms with E-state index in [-0.39, 0.29) is 6.03 Å². The Hall–Kier alpha value is -2.69. The number of hydrogen-bond donors (Lipinski definition) is 1. The van der Waals surface area contributed by atoms with Gasteiger partial charge in [0, 0.05) is 13.1 Å². The number of carbonyl (C=O) groups excluding carboxylic acids is 1. The molecule has 1 heterocycles. The molecule has 0 bridgehead atoms. The summed E-state index contributed by atoms with van der Waals surface area (Å²) < 4.78 is 10.6. The number of methoxy groups -OCH3 is 2. The summed E-state index contributed by atoms with van der Waals surface area (Å²) >= 11 is 0. The number of anilines is 1. The fourth-order valence-corrected chi connectivity index (χ4v) is 2.83. The summed E-state index contributed by atoms with van der Waals surface area (Å²) in [5, 5.41) is 2.92. The summed E-state index contributed by atoms with van der Waals surface area (Å²) in [6.45, 7) is 1.31. The Labute approximate surface area is 135 Å². The second-order valence-corrected chi connectivity index (χ2v) is 5.41. The van der Waals surface area contributed by atoms with Crippen molar-refractivity contribution < 1.29 is 14.3 Å². The van der Waals surface area contributed by atoms with Crippen molar-refractivity contribution in [2.75, 3.05) is 26.1 Å². The average molecular weight is 312 g/mol. The molecular formula is C18H20N2O3. The average Bonchev–Trinajstić information content (AvgIpc) is 2.61. The maximum atomic E-state index is 12.6. The van der Waals surface area contributed by atoms with Crippen LogP contribution in [0.3, 0.4) is 0 Å². The molecule has 23 heavy (non-hydrogen) atoms. The molecule has 0 unspecified atom stereocenters. The first-order valence-electron chi connectivity index (χ1n) is 7.56. The van der Waals surface area contributed by atoms with Gasteiger partial charge in [0.05, 0.1) is 14.2 Å². The maximum Gasteiger partial charge on any atom is 0.322 e. The molecule has 2 amide bonds. The molecule has 1 aliphatic rings. The highest BCUT2D eigenvalue weighted by molar-refractivity contribution is 5.93. The van der Waals surface area contributed by atoms with Gasteiger partial charge in [-0.2, -0.15) is 0 Å². The van der Waals surface area contributed by atoms with E-state index in [9.17, 15) is 4.79 Å². The maximum absolute atomic E-state index is 12.6. The summed E-state index contributed by atoms with van der Waals surface area (Å²) in [6.07, 6.45) is 0.868. The smallest absolute Gasteiger partial charge is 0.322 e. The Kier molecular flexibility index (Phi) is 4.37. The SMILES string of the molecule is COc1cccc(OC)c1NC(=O)N1CCc2ccccc2C1. The van der Waals surface area contributed by atoms with Crippen molar-refractivity contribution in [2.24, 2.45) is 0 Å². The Morgan fingerprint density at radius 2 is 1.65 bits per heavy atom. The molecule has 0 saturated carbocycles. The second kappa shape index (κ2) is 6.60. The predicted octanol–water partition coefficient (Wildman–Crippen LogP) is 3.29. The molecule has 0 spiro atoms. The lowest BCUT2D eigenvalue weighted by atomic mass is 10.0. The third kappa shape index (κ3) is 3.08. The van der Waals surface area contributed by atoms with Crippen LogP contribution in [0, 0.1) is 0 Å². The molecule has 5 nitrogen and oxygen atoms in total. The molecule has 0 fully saturated rings. The Morgan fingerprint density at radius 3 is 2.30 bits per heavy atom. The summed E-state index contributed by atoms with van der Waals surface area (Å²) in [4.78, 5) is 14.4. The number of benzene rings is 2. The molecule has 1 N–H and O–H groups in total. The van der Waals surface area contributed by atoms with E-state index >= 15 is 0 Å². The van der Waals surface area contributed by atoms with Crippen molar-refractivity contribution in [3.63, 3.8) is 0 Å². The van der Waals surface area contributed by atoms with E-state index < -0.39 is 0 Å². The normalized spacial score (nSPS) is 13.2. The lowest BCUT2D eigenvalue weighted by Gasteiger charge is -2.29. The molecule has 0 atom stereocenters. The van der Waals surface area contributed by atoms with Crippen LogP contribution in [0.5, 0.6) is 11.5 Å². The van der Waals surface area contributed by atoms with Gasteiger partial charge in [0.15, 0.2) is 0 Å². The van der Waals surface area contributed by atoms with Crippen LogP contribution < -0.4 is 14.8 Å². The van der Waals surface area contributed by atoms with Crippen LogP contribution in [-0.4, -0.2) is 31.7 Å². The minimum absolute atomic E-state index is 0.151.